The molecule has 1 aromatic rings. The SMILES string of the molecule is Cl.N#CCCCC(=NOCCN)c1ccc(C(F)(F)F)cc1. The predicted molar refractivity (Wildman–Crippen MR) is 79.7 cm³/mol. The number of rotatable bonds is 7. The molecule has 0 atom stereocenters. The van der Waals surface area contributed by atoms with Crippen molar-refractivity contribution in [3.63, 3.8) is 0 Å². The van der Waals surface area contributed by atoms with Gasteiger partial charge < -0.3 is 10.6 Å². The summed E-state index contributed by atoms with van der Waals surface area (Å²) in [7, 11) is 0. The van der Waals surface area contributed by atoms with Gasteiger partial charge in [0.1, 0.15) is 6.61 Å². The van der Waals surface area contributed by atoms with Crippen LogP contribution in [0.1, 0.15) is 30.4 Å². The van der Waals surface area contributed by atoms with Crippen LogP contribution in [-0.4, -0.2) is 18.9 Å². The Balaban J connectivity index is 0.00000441. The van der Waals surface area contributed by atoms with Crippen molar-refractivity contribution in [1.82, 2.24) is 0 Å². The monoisotopic (exact) mass is 335 g/mol. The molecule has 2 N–H and O–H groups in total. The Morgan fingerprint density at radius 1 is 1.27 bits per heavy atom. The Kier molecular flexibility index (Phi) is 9.22. The number of benzene rings is 1. The third-order valence-electron chi connectivity index (χ3n) is 2.63. The highest BCUT2D eigenvalue weighted by molar-refractivity contribution is 6.00. The highest BCUT2D eigenvalue weighted by atomic mass is 35.5. The van der Waals surface area contributed by atoms with E-state index in [0.717, 1.165) is 12.1 Å². The second kappa shape index (κ2) is 10.0. The summed E-state index contributed by atoms with van der Waals surface area (Å²) in [4.78, 5) is 4.99. The topological polar surface area (TPSA) is 71.4 Å². The minimum absolute atomic E-state index is 0. The second-order valence-electron chi connectivity index (χ2n) is 4.25. The standard InChI is InChI=1S/C14H16F3N3O.ClH/c15-14(16,17)12-6-4-11(5-7-12)13(3-1-2-8-18)20-21-10-9-19;/h4-7H,1-3,9-10,19H2;1H. The summed E-state index contributed by atoms with van der Waals surface area (Å²) in [6, 6.07) is 6.70. The van der Waals surface area contributed by atoms with E-state index in [9.17, 15) is 13.2 Å². The molecule has 0 aromatic heterocycles. The molecule has 0 fully saturated rings. The molecule has 22 heavy (non-hydrogen) atoms. The van der Waals surface area contributed by atoms with Gasteiger partial charge in [0.25, 0.3) is 0 Å². The number of hydrogen-bond acceptors (Lipinski definition) is 4. The van der Waals surface area contributed by atoms with Crippen LogP contribution >= 0.6 is 12.4 Å². The number of hydrogen-bond donors (Lipinski definition) is 1. The van der Waals surface area contributed by atoms with Crippen LogP contribution in [0.15, 0.2) is 29.4 Å². The molecule has 1 aromatic carbocycles. The fourth-order valence-corrected chi connectivity index (χ4v) is 1.61. The summed E-state index contributed by atoms with van der Waals surface area (Å²) in [5.41, 5.74) is 5.61. The van der Waals surface area contributed by atoms with Crippen molar-refractivity contribution in [3.05, 3.63) is 35.4 Å². The first-order valence-electron chi connectivity index (χ1n) is 6.42. The quantitative estimate of drug-likeness (QED) is 0.471. The van der Waals surface area contributed by atoms with Crippen molar-refractivity contribution < 1.29 is 18.0 Å². The molecule has 0 saturated carbocycles. The molecule has 0 radical (unpaired) electrons. The summed E-state index contributed by atoms with van der Waals surface area (Å²) in [6.45, 7) is 0.518. The van der Waals surface area contributed by atoms with Crippen LogP contribution in [0.25, 0.3) is 0 Å². The largest absolute Gasteiger partial charge is 0.416 e. The van der Waals surface area contributed by atoms with Gasteiger partial charge in [-0.05, 0) is 30.5 Å². The summed E-state index contributed by atoms with van der Waals surface area (Å²) < 4.78 is 37.5. The molecule has 0 aliphatic heterocycles. The smallest absolute Gasteiger partial charge is 0.394 e. The van der Waals surface area contributed by atoms with Gasteiger partial charge >= 0.3 is 6.18 Å². The number of nitrogens with zero attached hydrogens (tertiary/aromatic N) is 2. The fourth-order valence-electron chi connectivity index (χ4n) is 1.61. The van der Waals surface area contributed by atoms with Crippen LogP contribution in [0.2, 0.25) is 0 Å². The molecule has 0 unspecified atom stereocenters. The second-order valence-corrected chi connectivity index (χ2v) is 4.25. The molecule has 1 rings (SSSR count). The van der Waals surface area contributed by atoms with Crippen molar-refractivity contribution in [2.24, 2.45) is 10.9 Å². The van der Waals surface area contributed by atoms with E-state index in [1.54, 1.807) is 0 Å². The van der Waals surface area contributed by atoms with E-state index in [1.165, 1.54) is 12.1 Å². The predicted octanol–water partition coefficient (Wildman–Crippen LogP) is 3.50. The molecule has 0 heterocycles. The summed E-state index contributed by atoms with van der Waals surface area (Å²) in [5, 5.41) is 12.4. The van der Waals surface area contributed by atoms with Crippen LogP contribution in [-0.2, 0) is 11.0 Å². The molecule has 0 amide bonds. The fraction of sp³-hybridized carbons (Fsp3) is 0.429. The molecule has 0 aliphatic rings. The third-order valence-corrected chi connectivity index (χ3v) is 2.63. The maximum absolute atomic E-state index is 12.5. The molecule has 8 heteroatoms. The number of oxime groups is 1. The van der Waals surface area contributed by atoms with Crippen LogP contribution in [0.3, 0.4) is 0 Å². The molecular formula is C14H17ClF3N3O. The lowest BCUT2D eigenvalue weighted by molar-refractivity contribution is -0.137. The Labute approximate surface area is 133 Å². The van der Waals surface area contributed by atoms with E-state index >= 15 is 0 Å². The Bertz CT molecular complexity index is 510. The van der Waals surface area contributed by atoms with Gasteiger partial charge in [-0.15, -0.1) is 12.4 Å². The molecule has 4 nitrogen and oxygen atoms in total. The van der Waals surface area contributed by atoms with E-state index < -0.39 is 11.7 Å². The van der Waals surface area contributed by atoms with Gasteiger partial charge in [0.15, 0.2) is 0 Å². The molecule has 122 valence electrons. The molecular weight excluding hydrogens is 319 g/mol. The Morgan fingerprint density at radius 3 is 2.41 bits per heavy atom. The van der Waals surface area contributed by atoms with Gasteiger partial charge in [0, 0.05) is 13.0 Å². The summed E-state index contributed by atoms with van der Waals surface area (Å²) >= 11 is 0. The first-order chi connectivity index (χ1) is 9.99. The van der Waals surface area contributed by atoms with Crippen LogP contribution in [0, 0.1) is 11.3 Å². The number of nitriles is 1. The first kappa shape index (κ1) is 20.2. The van der Waals surface area contributed by atoms with E-state index in [2.05, 4.69) is 5.16 Å². The van der Waals surface area contributed by atoms with E-state index in [4.69, 9.17) is 15.8 Å². The Morgan fingerprint density at radius 2 is 1.91 bits per heavy atom. The molecule has 0 bridgehead atoms. The van der Waals surface area contributed by atoms with Gasteiger partial charge in [0.05, 0.1) is 17.3 Å². The number of nitrogens with two attached hydrogens (primary N) is 1. The lowest BCUT2D eigenvalue weighted by atomic mass is 10.0. The molecule has 0 aliphatic carbocycles. The highest BCUT2D eigenvalue weighted by Gasteiger charge is 2.30. The minimum atomic E-state index is -4.37. The summed E-state index contributed by atoms with van der Waals surface area (Å²) in [6.07, 6.45) is -3.02. The maximum atomic E-state index is 12.5. The van der Waals surface area contributed by atoms with Crippen molar-refractivity contribution in [2.45, 2.75) is 25.4 Å². The van der Waals surface area contributed by atoms with Gasteiger partial charge in [-0.3, -0.25) is 0 Å². The normalized spacial score (nSPS) is 11.5. The lowest BCUT2D eigenvalue weighted by Gasteiger charge is -2.09. The van der Waals surface area contributed by atoms with E-state index in [-0.39, 0.29) is 19.0 Å². The van der Waals surface area contributed by atoms with Crippen molar-refractivity contribution in [2.75, 3.05) is 13.2 Å². The van der Waals surface area contributed by atoms with Gasteiger partial charge in [-0.2, -0.15) is 18.4 Å². The van der Waals surface area contributed by atoms with E-state index in [1.807, 2.05) is 6.07 Å². The number of alkyl halides is 3. The van der Waals surface area contributed by atoms with Crippen LogP contribution < -0.4 is 5.73 Å². The van der Waals surface area contributed by atoms with Gasteiger partial charge in [0.2, 0.25) is 0 Å². The highest BCUT2D eigenvalue weighted by Crippen LogP contribution is 2.29. The maximum Gasteiger partial charge on any atom is 0.416 e. The lowest BCUT2D eigenvalue weighted by Crippen LogP contribution is -2.09. The van der Waals surface area contributed by atoms with Gasteiger partial charge in [-0.25, -0.2) is 0 Å². The van der Waals surface area contributed by atoms with Crippen LogP contribution in [0.5, 0.6) is 0 Å². The molecule has 0 spiro atoms. The number of unbranched alkanes of at least 4 members (excludes halogenated alkanes) is 1. The van der Waals surface area contributed by atoms with Crippen LogP contribution in [0.4, 0.5) is 13.2 Å². The van der Waals surface area contributed by atoms with Crippen molar-refractivity contribution in [3.8, 4) is 6.07 Å². The van der Waals surface area contributed by atoms with E-state index in [0.29, 0.717) is 37.1 Å². The van der Waals surface area contributed by atoms with Gasteiger partial charge in [-0.1, -0.05) is 17.3 Å². The zero-order chi connectivity index (χ0) is 15.7. The Hall–Kier alpha value is -1.78. The third kappa shape index (κ3) is 6.78. The minimum Gasteiger partial charge on any atom is -0.394 e. The summed E-state index contributed by atoms with van der Waals surface area (Å²) in [5.74, 6) is 0. The van der Waals surface area contributed by atoms with Crippen molar-refractivity contribution >= 4 is 18.1 Å². The number of halogens is 4. The zero-order valence-electron chi connectivity index (χ0n) is 11.8. The zero-order valence-corrected chi connectivity index (χ0v) is 12.6. The average molecular weight is 336 g/mol. The average Bonchev–Trinajstić information content (AvgIpc) is 2.45. The first-order valence-corrected chi connectivity index (χ1v) is 6.42. The molecule has 0 saturated heterocycles. The van der Waals surface area contributed by atoms with Crippen molar-refractivity contribution in [1.29, 1.82) is 5.26 Å².